The maximum Gasteiger partial charge on any atom is 0.340 e. The Hall–Kier alpha value is -2.82. The van der Waals surface area contributed by atoms with E-state index in [0.717, 1.165) is 0 Å². The van der Waals surface area contributed by atoms with E-state index in [1.165, 1.54) is 19.3 Å². The molecule has 1 aromatic heterocycles. The Morgan fingerprint density at radius 3 is 2.71 bits per heavy atom. The Bertz CT molecular complexity index is 950. The van der Waals surface area contributed by atoms with Crippen LogP contribution in [0, 0.1) is 18.3 Å². The van der Waals surface area contributed by atoms with Crippen molar-refractivity contribution in [2.24, 2.45) is 16.3 Å². The number of fused-ring (bicyclic) bond motifs is 1. The zero-order chi connectivity index (χ0) is 23.0. The van der Waals surface area contributed by atoms with E-state index in [-0.39, 0.29) is 36.1 Å². The number of nitrogens with one attached hydrogen (secondary N) is 2. The number of alkyl halides is 4. The number of aliphatic imine (C=N–C) groups is 1. The van der Waals surface area contributed by atoms with Gasteiger partial charge >= 0.3 is 12.3 Å². The fourth-order valence-electron chi connectivity index (χ4n) is 3.43. The van der Waals surface area contributed by atoms with Gasteiger partial charge in [0.2, 0.25) is 11.8 Å². The normalized spacial score (nSPS) is 23.3. The van der Waals surface area contributed by atoms with Crippen LogP contribution in [0.1, 0.15) is 31.0 Å². The summed E-state index contributed by atoms with van der Waals surface area (Å²) < 4.78 is 55.4. The highest BCUT2D eigenvalue weighted by Gasteiger charge is 2.67. The molecular formula is C20H22F4N4O3. The zero-order valence-electron chi connectivity index (χ0n) is 17.1. The molecule has 1 aromatic rings. The smallest absolute Gasteiger partial charge is 0.340 e. The van der Waals surface area contributed by atoms with E-state index >= 15 is 0 Å². The topological polar surface area (TPSA) is 92.7 Å². The average Bonchev–Trinajstić information content (AvgIpc) is 3.30. The van der Waals surface area contributed by atoms with Crippen molar-refractivity contribution in [2.75, 3.05) is 13.2 Å². The van der Waals surface area contributed by atoms with Gasteiger partial charge in [-0.15, -0.1) is 0 Å². The third-order valence-corrected chi connectivity index (χ3v) is 5.33. The second-order valence-corrected chi connectivity index (χ2v) is 7.66. The van der Waals surface area contributed by atoms with Crippen LogP contribution < -0.4 is 15.4 Å². The summed E-state index contributed by atoms with van der Waals surface area (Å²) in [6.45, 7) is 3.46. The fourth-order valence-corrected chi connectivity index (χ4v) is 3.43. The standard InChI is InChI=1S/C20H22F4N4O3/c1-10-6-13(7-26-16(10)31-9-20(23,24)17(21)22)11(2)27-8-19-14(15(19)30)4-5-25-18(19)28-12(3)29/h4-7,11,14,17,27H,8-9H2,1-3H3,(H,25,28,29). The second kappa shape index (κ2) is 8.37. The van der Waals surface area contributed by atoms with Crippen molar-refractivity contribution < 1.29 is 31.9 Å². The molecule has 0 aromatic carbocycles. The van der Waals surface area contributed by atoms with E-state index in [0.29, 0.717) is 17.0 Å². The first-order chi connectivity index (χ1) is 14.5. The van der Waals surface area contributed by atoms with Crippen LogP contribution in [0.3, 0.4) is 0 Å². The monoisotopic (exact) mass is 442 g/mol. The van der Waals surface area contributed by atoms with E-state index in [2.05, 4.69) is 20.6 Å². The van der Waals surface area contributed by atoms with Crippen molar-refractivity contribution in [1.29, 1.82) is 0 Å². The number of hydrogen-bond acceptors (Lipinski definition) is 6. The zero-order valence-corrected chi connectivity index (χ0v) is 17.1. The van der Waals surface area contributed by atoms with E-state index in [4.69, 9.17) is 4.74 Å². The number of Topliss-reactive ketones (excluding diaryl/α,β-unsaturated/α-hetero) is 1. The molecule has 1 aliphatic heterocycles. The van der Waals surface area contributed by atoms with Crippen LogP contribution in [0.5, 0.6) is 5.88 Å². The number of carbonyl (C=O) groups is 2. The Morgan fingerprint density at radius 1 is 1.39 bits per heavy atom. The lowest BCUT2D eigenvalue weighted by molar-refractivity contribution is -0.148. The number of pyridine rings is 1. The van der Waals surface area contributed by atoms with Crippen LogP contribution in [0.4, 0.5) is 17.6 Å². The Kier molecular flexibility index (Phi) is 6.17. The predicted molar refractivity (Wildman–Crippen MR) is 103 cm³/mol. The van der Waals surface area contributed by atoms with Gasteiger partial charge in [0.1, 0.15) is 11.3 Å². The number of amidine groups is 1. The SMILES string of the molecule is CC(=O)NC1=NC=CC2C(=O)C12CNC(C)c1cnc(OCC(F)(F)C(F)F)c(C)c1. The number of halogens is 4. The maximum atomic E-state index is 13.0. The van der Waals surface area contributed by atoms with Crippen LogP contribution in [0.15, 0.2) is 29.5 Å². The lowest BCUT2D eigenvalue weighted by Crippen LogP contribution is -2.43. The Labute approximate surface area is 176 Å². The number of hydrogen-bond donors (Lipinski definition) is 2. The number of allylic oxidation sites excluding steroid dienone is 1. The molecule has 2 heterocycles. The van der Waals surface area contributed by atoms with Gasteiger partial charge in [-0.05, 0) is 25.5 Å². The molecule has 3 unspecified atom stereocenters. The lowest BCUT2D eigenvalue weighted by Gasteiger charge is -2.23. The molecule has 11 heteroatoms. The van der Waals surface area contributed by atoms with Gasteiger partial charge in [0.05, 0.1) is 5.92 Å². The van der Waals surface area contributed by atoms with Gasteiger partial charge in [-0.25, -0.2) is 18.8 Å². The summed E-state index contributed by atoms with van der Waals surface area (Å²) in [5.41, 5.74) is 0.146. The predicted octanol–water partition coefficient (Wildman–Crippen LogP) is 2.57. The molecule has 31 heavy (non-hydrogen) atoms. The minimum absolute atomic E-state index is 0.0496. The average molecular weight is 442 g/mol. The van der Waals surface area contributed by atoms with Crippen molar-refractivity contribution in [1.82, 2.24) is 15.6 Å². The number of ketones is 1. The molecule has 0 radical (unpaired) electrons. The first-order valence-electron chi connectivity index (χ1n) is 9.54. The summed E-state index contributed by atoms with van der Waals surface area (Å²) in [6, 6.07) is 1.34. The highest BCUT2D eigenvalue weighted by atomic mass is 19.3. The summed E-state index contributed by atoms with van der Waals surface area (Å²) in [5, 5.41) is 5.83. The molecule has 3 rings (SSSR count). The molecule has 1 aliphatic carbocycles. The van der Waals surface area contributed by atoms with Crippen molar-refractivity contribution >= 4 is 17.5 Å². The molecule has 2 aliphatic rings. The highest BCUT2D eigenvalue weighted by Crippen LogP contribution is 2.51. The minimum atomic E-state index is -4.27. The van der Waals surface area contributed by atoms with E-state index in [1.807, 2.05) is 6.92 Å². The first kappa shape index (κ1) is 22.9. The van der Waals surface area contributed by atoms with E-state index in [9.17, 15) is 27.2 Å². The maximum absolute atomic E-state index is 13.0. The molecule has 1 fully saturated rings. The third-order valence-electron chi connectivity index (χ3n) is 5.33. The quantitative estimate of drug-likeness (QED) is 0.604. The number of aryl methyl sites for hydroxylation is 1. The minimum Gasteiger partial charge on any atom is -0.471 e. The van der Waals surface area contributed by atoms with Gasteiger partial charge in [-0.2, -0.15) is 8.78 Å². The molecule has 0 bridgehead atoms. The first-order valence-corrected chi connectivity index (χ1v) is 9.54. The van der Waals surface area contributed by atoms with Crippen LogP contribution in [0.2, 0.25) is 0 Å². The van der Waals surface area contributed by atoms with Crippen LogP contribution >= 0.6 is 0 Å². The summed E-state index contributed by atoms with van der Waals surface area (Å²) in [6.07, 6.45) is 0.734. The van der Waals surface area contributed by atoms with Gasteiger partial charge < -0.3 is 15.4 Å². The summed E-state index contributed by atoms with van der Waals surface area (Å²) in [5.74, 6) is -4.87. The molecule has 2 N–H and O–H groups in total. The third kappa shape index (κ3) is 4.46. The molecule has 7 nitrogen and oxygen atoms in total. The van der Waals surface area contributed by atoms with Crippen LogP contribution in [-0.2, 0) is 9.59 Å². The molecule has 0 spiro atoms. The summed E-state index contributed by atoms with van der Waals surface area (Å²) in [7, 11) is 0. The number of ether oxygens (including phenoxy) is 1. The van der Waals surface area contributed by atoms with Crippen molar-refractivity contribution in [3.8, 4) is 5.88 Å². The van der Waals surface area contributed by atoms with Gasteiger partial charge in [-0.1, -0.05) is 6.08 Å². The van der Waals surface area contributed by atoms with Gasteiger partial charge in [-0.3, -0.25) is 9.59 Å². The molecule has 1 saturated carbocycles. The molecule has 1 amide bonds. The highest BCUT2D eigenvalue weighted by molar-refractivity contribution is 6.26. The molecule has 3 atom stereocenters. The van der Waals surface area contributed by atoms with Crippen LogP contribution in [0.25, 0.3) is 0 Å². The number of rotatable bonds is 8. The van der Waals surface area contributed by atoms with Gasteiger partial charge in [0.15, 0.2) is 12.4 Å². The largest absolute Gasteiger partial charge is 0.471 e. The summed E-state index contributed by atoms with van der Waals surface area (Å²) >= 11 is 0. The molecular weight excluding hydrogens is 420 g/mol. The van der Waals surface area contributed by atoms with Crippen molar-refractivity contribution in [2.45, 2.75) is 39.2 Å². The molecule has 0 saturated heterocycles. The van der Waals surface area contributed by atoms with Crippen molar-refractivity contribution in [3.63, 3.8) is 0 Å². The number of nitrogens with zero attached hydrogens (tertiary/aromatic N) is 2. The van der Waals surface area contributed by atoms with Gasteiger partial charge in [0, 0.05) is 37.5 Å². The van der Waals surface area contributed by atoms with E-state index < -0.39 is 24.4 Å². The summed E-state index contributed by atoms with van der Waals surface area (Å²) in [4.78, 5) is 32.0. The lowest BCUT2D eigenvalue weighted by atomic mass is 9.98. The van der Waals surface area contributed by atoms with E-state index in [1.54, 1.807) is 19.1 Å². The second-order valence-electron chi connectivity index (χ2n) is 7.66. The Balaban J connectivity index is 1.65. The van der Waals surface area contributed by atoms with Gasteiger partial charge in [0.25, 0.3) is 0 Å². The number of aromatic nitrogens is 1. The molecule has 168 valence electrons. The van der Waals surface area contributed by atoms with Crippen LogP contribution in [-0.4, -0.2) is 48.0 Å². The Morgan fingerprint density at radius 2 is 2.10 bits per heavy atom. The fraction of sp³-hybridized carbons (Fsp3) is 0.500. The number of amides is 1. The number of carbonyl (C=O) groups excluding carboxylic acids is 2. The van der Waals surface area contributed by atoms with Crippen molar-refractivity contribution in [3.05, 3.63) is 35.7 Å².